The van der Waals surface area contributed by atoms with Crippen molar-refractivity contribution in [2.45, 2.75) is 19.4 Å². The minimum atomic E-state index is -0.456. The van der Waals surface area contributed by atoms with E-state index in [1.165, 1.54) is 11.3 Å². The predicted octanol–water partition coefficient (Wildman–Crippen LogP) is 4.90. The lowest BCUT2D eigenvalue weighted by atomic mass is 9.91. The molecule has 0 atom stereocenters. The minimum Gasteiger partial charge on any atom is -0.304 e. The van der Waals surface area contributed by atoms with E-state index in [4.69, 9.17) is 6.42 Å². The van der Waals surface area contributed by atoms with E-state index in [-0.39, 0.29) is 5.91 Å². The first kappa shape index (κ1) is 18.9. The van der Waals surface area contributed by atoms with Gasteiger partial charge in [-0.2, -0.15) is 4.99 Å². The number of carbonyl (C=O) groups excluding carboxylic acids is 1. The van der Waals surface area contributed by atoms with E-state index in [1.54, 1.807) is 0 Å². The van der Waals surface area contributed by atoms with Crippen LogP contribution in [0.4, 0.5) is 0 Å². The van der Waals surface area contributed by atoms with Gasteiger partial charge in [0.05, 0.1) is 22.7 Å². The molecule has 1 amide bonds. The van der Waals surface area contributed by atoms with Gasteiger partial charge in [0.1, 0.15) is 0 Å². The molecule has 0 aliphatic carbocycles. The minimum absolute atomic E-state index is 0.197. The molecular formula is C25H20N2OS. The van der Waals surface area contributed by atoms with Gasteiger partial charge in [0.15, 0.2) is 4.80 Å². The molecule has 0 aliphatic heterocycles. The summed E-state index contributed by atoms with van der Waals surface area (Å²) in [5.41, 5.74) is 4.00. The van der Waals surface area contributed by atoms with Gasteiger partial charge in [-0.15, -0.1) is 6.42 Å². The van der Waals surface area contributed by atoms with Gasteiger partial charge < -0.3 is 4.57 Å². The molecule has 0 spiro atoms. The van der Waals surface area contributed by atoms with Crippen LogP contribution in [-0.2, 0) is 11.3 Å². The fourth-order valence-corrected chi connectivity index (χ4v) is 4.67. The van der Waals surface area contributed by atoms with Crippen molar-refractivity contribution in [3.05, 3.63) is 100 Å². The van der Waals surface area contributed by atoms with Crippen molar-refractivity contribution in [3.8, 4) is 12.3 Å². The Hall–Kier alpha value is -3.42. The zero-order valence-electron chi connectivity index (χ0n) is 16.1. The van der Waals surface area contributed by atoms with Crippen LogP contribution >= 0.6 is 11.3 Å². The first-order chi connectivity index (χ1) is 14.2. The Morgan fingerprint density at radius 1 is 1.00 bits per heavy atom. The number of benzene rings is 3. The molecular weight excluding hydrogens is 376 g/mol. The fourth-order valence-electron chi connectivity index (χ4n) is 3.56. The van der Waals surface area contributed by atoms with Crippen molar-refractivity contribution >= 4 is 27.5 Å². The zero-order chi connectivity index (χ0) is 20.2. The molecule has 0 saturated heterocycles. The third kappa shape index (κ3) is 3.78. The summed E-state index contributed by atoms with van der Waals surface area (Å²) in [5.74, 6) is 2.04. The van der Waals surface area contributed by atoms with Crippen LogP contribution in [0.1, 0.15) is 22.6 Å². The van der Waals surface area contributed by atoms with E-state index in [0.717, 1.165) is 26.9 Å². The number of aromatic nitrogens is 1. The first-order valence-corrected chi connectivity index (χ1v) is 10.2. The Morgan fingerprint density at radius 2 is 1.62 bits per heavy atom. The number of rotatable bonds is 4. The maximum atomic E-state index is 13.4. The van der Waals surface area contributed by atoms with Crippen LogP contribution in [-0.4, -0.2) is 10.5 Å². The summed E-state index contributed by atoms with van der Waals surface area (Å²) in [4.78, 5) is 18.6. The van der Waals surface area contributed by atoms with E-state index in [0.29, 0.717) is 11.3 Å². The third-order valence-electron chi connectivity index (χ3n) is 4.87. The normalized spacial score (nSPS) is 11.7. The number of para-hydroxylation sites is 1. The number of carbonyl (C=O) groups is 1. The van der Waals surface area contributed by atoms with Crippen LogP contribution in [0.15, 0.2) is 83.9 Å². The predicted molar refractivity (Wildman–Crippen MR) is 119 cm³/mol. The van der Waals surface area contributed by atoms with Gasteiger partial charge in [-0.25, -0.2) is 0 Å². The third-order valence-corrected chi connectivity index (χ3v) is 5.91. The largest absolute Gasteiger partial charge is 0.304 e. The Bertz CT molecular complexity index is 1220. The number of terminal acetylenes is 1. The zero-order valence-corrected chi connectivity index (χ0v) is 16.9. The highest BCUT2D eigenvalue weighted by molar-refractivity contribution is 7.16. The molecule has 0 saturated carbocycles. The number of amides is 1. The van der Waals surface area contributed by atoms with Gasteiger partial charge in [0.25, 0.3) is 5.91 Å². The van der Waals surface area contributed by atoms with E-state index >= 15 is 0 Å². The number of hydrogen-bond acceptors (Lipinski definition) is 2. The quantitative estimate of drug-likeness (QED) is 0.452. The average Bonchev–Trinajstić information content (AvgIpc) is 3.08. The molecule has 0 fully saturated rings. The van der Waals surface area contributed by atoms with Gasteiger partial charge in [-0.1, -0.05) is 90.1 Å². The van der Waals surface area contributed by atoms with Crippen molar-refractivity contribution in [1.29, 1.82) is 0 Å². The lowest BCUT2D eigenvalue weighted by molar-refractivity contribution is -0.118. The average molecular weight is 397 g/mol. The molecule has 3 aromatic carbocycles. The summed E-state index contributed by atoms with van der Waals surface area (Å²) in [5, 5.41) is 0. The molecule has 4 rings (SSSR count). The van der Waals surface area contributed by atoms with E-state index in [9.17, 15) is 4.79 Å². The van der Waals surface area contributed by atoms with E-state index in [1.807, 2.05) is 90.4 Å². The van der Waals surface area contributed by atoms with Crippen LogP contribution in [0.2, 0.25) is 0 Å². The van der Waals surface area contributed by atoms with Crippen molar-refractivity contribution < 1.29 is 4.79 Å². The molecule has 1 heterocycles. The Balaban J connectivity index is 1.88. The molecule has 29 heavy (non-hydrogen) atoms. The van der Waals surface area contributed by atoms with Gasteiger partial charge in [-0.3, -0.25) is 4.79 Å². The number of fused-ring (bicyclic) bond motifs is 1. The Labute approximate surface area is 174 Å². The van der Waals surface area contributed by atoms with Gasteiger partial charge in [0, 0.05) is 0 Å². The molecule has 142 valence electrons. The molecule has 0 bridgehead atoms. The lowest BCUT2D eigenvalue weighted by Gasteiger charge is -2.14. The molecule has 3 nitrogen and oxygen atoms in total. The van der Waals surface area contributed by atoms with Gasteiger partial charge in [-0.05, 0) is 29.7 Å². The Kier molecular flexibility index (Phi) is 5.41. The van der Waals surface area contributed by atoms with Gasteiger partial charge in [0.2, 0.25) is 0 Å². The number of nitrogens with zero attached hydrogens (tertiary/aromatic N) is 2. The Morgan fingerprint density at radius 3 is 2.21 bits per heavy atom. The number of hydrogen-bond donors (Lipinski definition) is 0. The fraction of sp³-hybridized carbons (Fsp3) is 0.120. The van der Waals surface area contributed by atoms with Crippen molar-refractivity contribution in [2.75, 3.05) is 0 Å². The van der Waals surface area contributed by atoms with Crippen LogP contribution < -0.4 is 4.80 Å². The molecule has 0 aliphatic rings. The second-order valence-electron chi connectivity index (χ2n) is 6.80. The van der Waals surface area contributed by atoms with Crippen LogP contribution in [0.3, 0.4) is 0 Å². The molecule has 0 N–H and O–H groups in total. The summed E-state index contributed by atoms with van der Waals surface area (Å²) < 4.78 is 3.03. The summed E-state index contributed by atoms with van der Waals surface area (Å²) >= 11 is 1.49. The maximum Gasteiger partial charge on any atom is 0.260 e. The first-order valence-electron chi connectivity index (χ1n) is 9.40. The highest BCUT2D eigenvalue weighted by Crippen LogP contribution is 2.26. The van der Waals surface area contributed by atoms with Crippen molar-refractivity contribution in [2.24, 2.45) is 4.99 Å². The van der Waals surface area contributed by atoms with Crippen molar-refractivity contribution in [1.82, 2.24) is 4.57 Å². The second-order valence-corrected chi connectivity index (χ2v) is 7.81. The standard InChI is InChI=1S/C25H20N2OS/c1-3-17-27-23-18(2)11-10-16-21(23)29-25(27)26-24(28)22(19-12-6-4-7-13-19)20-14-8-5-9-15-20/h1,4-16,22H,17H2,2H3. The highest BCUT2D eigenvalue weighted by Gasteiger charge is 2.22. The van der Waals surface area contributed by atoms with Gasteiger partial charge >= 0.3 is 0 Å². The topological polar surface area (TPSA) is 34.4 Å². The summed E-state index contributed by atoms with van der Waals surface area (Å²) in [6.07, 6.45) is 5.61. The van der Waals surface area contributed by atoms with Crippen LogP contribution in [0.5, 0.6) is 0 Å². The summed E-state index contributed by atoms with van der Waals surface area (Å²) in [6, 6.07) is 25.6. The maximum absolute atomic E-state index is 13.4. The SMILES string of the molecule is C#CCn1c(=NC(=O)C(c2ccccc2)c2ccccc2)sc2cccc(C)c21. The summed E-state index contributed by atoms with van der Waals surface area (Å²) in [6.45, 7) is 2.42. The molecule has 1 aromatic heterocycles. The van der Waals surface area contributed by atoms with E-state index in [2.05, 4.69) is 10.9 Å². The van der Waals surface area contributed by atoms with Crippen LogP contribution in [0.25, 0.3) is 10.2 Å². The summed E-state index contributed by atoms with van der Waals surface area (Å²) in [7, 11) is 0. The number of aryl methyl sites for hydroxylation is 1. The van der Waals surface area contributed by atoms with Crippen LogP contribution in [0, 0.1) is 19.3 Å². The smallest absolute Gasteiger partial charge is 0.260 e. The van der Waals surface area contributed by atoms with E-state index < -0.39 is 5.92 Å². The second kappa shape index (κ2) is 8.30. The molecule has 4 aromatic rings. The monoisotopic (exact) mass is 396 g/mol. The van der Waals surface area contributed by atoms with Crippen molar-refractivity contribution in [3.63, 3.8) is 0 Å². The molecule has 0 unspecified atom stereocenters. The molecule has 4 heteroatoms. The molecule has 0 radical (unpaired) electrons. The number of thiazole rings is 1. The lowest BCUT2D eigenvalue weighted by Crippen LogP contribution is -2.20. The highest BCUT2D eigenvalue weighted by atomic mass is 32.1.